The zero-order valence-electron chi connectivity index (χ0n) is 10.9. The van der Waals surface area contributed by atoms with Crippen molar-refractivity contribution in [1.29, 1.82) is 0 Å². The lowest BCUT2D eigenvalue weighted by molar-refractivity contribution is 0.277. The Morgan fingerprint density at radius 1 is 1.26 bits per heavy atom. The molecular formula is C16H18N2O. The van der Waals surface area contributed by atoms with Crippen LogP contribution in [-0.4, -0.2) is 22.7 Å². The van der Waals surface area contributed by atoms with Crippen molar-refractivity contribution in [2.75, 3.05) is 11.4 Å². The van der Waals surface area contributed by atoms with Crippen molar-refractivity contribution in [3.63, 3.8) is 0 Å². The topological polar surface area (TPSA) is 36.4 Å². The highest BCUT2D eigenvalue weighted by molar-refractivity contribution is 5.92. The molecule has 0 spiro atoms. The van der Waals surface area contributed by atoms with Crippen LogP contribution in [0.4, 0.5) is 5.69 Å². The summed E-state index contributed by atoms with van der Waals surface area (Å²) in [5.74, 6) is 0.870. The maximum absolute atomic E-state index is 9.42. The molecule has 19 heavy (non-hydrogen) atoms. The van der Waals surface area contributed by atoms with Gasteiger partial charge in [-0.2, -0.15) is 0 Å². The molecule has 1 aliphatic heterocycles. The molecule has 2 bridgehead atoms. The summed E-state index contributed by atoms with van der Waals surface area (Å²) < 4.78 is 0. The molecule has 2 aromatic rings. The van der Waals surface area contributed by atoms with E-state index in [0.29, 0.717) is 6.04 Å². The van der Waals surface area contributed by atoms with Crippen LogP contribution >= 0.6 is 0 Å². The lowest BCUT2D eigenvalue weighted by atomic mass is 10.1. The number of anilines is 1. The molecule has 0 amide bonds. The summed E-state index contributed by atoms with van der Waals surface area (Å²) >= 11 is 0. The number of aliphatic hydroxyl groups excluding tert-OH is 1. The van der Waals surface area contributed by atoms with Gasteiger partial charge in [0.1, 0.15) is 0 Å². The lowest BCUT2D eigenvalue weighted by Crippen LogP contribution is -2.32. The minimum absolute atomic E-state index is 0.0137. The summed E-state index contributed by atoms with van der Waals surface area (Å²) in [5, 5.41) is 10.6. The predicted octanol–water partition coefficient (Wildman–Crippen LogP) is 2.72. The molecule has 2 unspecified atom stereocenters. The maximum atomic E-state index is 9.42. The fourth-order valence-corrected chi connectivity index (χ4v) is 3.75. The van der Waals surface area contributed by atoms with Gasteiger partial charge in [-0.05, 0) is 37.3 Å². The van der Waals surface area contributed by atoms with E-state index in [2.05, 4.69) is 28.1 Å². The summed E-state index contributed by atoms with van der Waals surface area (Å²) in [6.07, 6.45) is 4.04. The van der Waals surface area contributed by atoms with Gasteiger partial charge in [0, 0.05) is 23.7 Å². The van der Waals surface area contributed by atoms with Gasteiger partial charge in [-0.3, -0.25) is 4.98 Å². The van der Waals surface area contributed by atoms with Gasteiger partial charge in [-0.15, -0.1) is 0 Å². The average molecular weight is 254 g/mol. The first-order valence-electron chi connectivity index (χ1n) is 7.11. The fraction of sp³-hybridized carbons (Fsp3) is 0.438. The summed E-state index contributed by atoms with van der Waals surface area (Å²) in [6.45, 7) is 1.18. The van der Waals surface area contributed by atoms with Crippen LogP contribution in [0.1, 0.15) is 25.0 Å². The van der Waals surface area contributed by atoms with Gasteiger partial charge in [0.25, 0.3) is 0 Å². The smallest absolute Gasteiger partial charge is 0.0854 e. The molecule has 2 heterocycles. The van der Waals surface area contributed by atoms with E-state index in [-0.39, 0.29) is 6.61 Å². The van der Waals surface area contributed by atoms with Crippen LogP contribution in [-0.2, 0) is 6.61 Å². The Hall–Kier alpha value is -1.61. The molecule has 2 atom stereocenters. The zero-order chi connectivity index (χ0) is 12.8. The third-order valence-corrected chi connectivity index (χ3v) is 4.63. The van der Waals surface area contributed by atoms with Gasteiger partial charge in [-0.25, -0.2) is 0 Å². The molecule has 98 valence electrons. The summed E-state index contributed by atoms with van der Waals surface area (Å²) in [4.78, 5) is 7.05. The summed E-state index contributed by atoms with van der Waals surface area (Å²) in [5.41, 5.74) is 3.03. The van der Waals surface area contributed by atoms with Gasteiger partial charge in [0.15, 0.2) is 0 Å². The predicted molar refractivity (Wildman–Crippen MR) is 76.1 cm³/mol. The van der Waals surface area contributed by atoms with Crippen LogP contribution in [0, 0.1) is 5.92 Å². The number of piperidine rings is 1. The molecule has 1 aromatic carbocycles. The minimum Gasteiger partial charge on any atom is -0.390 e. The average Bonchev–Trinajstić information content (AvgIpc) is 3.08. The third-order valence-electron chi connectivity index (χ3n) is 4.63. The zero-order valence-corrected chi connectivity index (χ0v) is 10.9. The SMILES string of the molecule is OCc1cc(N2CC3CCC2C3)c2ccccc2n1. The highest BCUT2D eigenvalue weighted by Gasteiger charge is 2.38. The number of pyridine rings is 1. The maximum Gasteiger partial charge on any atom is 0.0854 e. The monoisotopic (exact) mass is 254 g/mol. The normalized spacial score (nSPS) is 25.4. The van der Waals surface area contributed by atoms with E-state index in [0.717, 1.165) is 17.1 Å². The number of nitrogens with zero attached hydrogens (tertiary/aromatic N) is 2. The molecule has 3 heteroatoms. The van der Waals surface area contributed by atoms with E-state index in [1.165, 1.54) is 36.9 Å². The Morgan fingerprint density at radius 2 is 2.16 bits per heavy atom. The van der Waals surface area contributed by atoms with Crippen molar-refractivity contribution in [2.24, 2.45) is 5.92 Å². The Morgan fingerprint density at radius 3 is 2.89 bits per heavy atom. The molecule has 3 nitrogen and oxygen atoms in total. The standard InChI is InChI=1S/C16H18N2O/c19-10-12-8-16(14-3-1-2-4-15(14)17-12)18-9-11-5-6-13(18)7-11/h1-4,8,11,13,19H,5-7,9-10H2. The van der Waals surface area contributed by atoms with Crippen LogP contribution in [0.25, 0.3) is 10.9 Å². The molecule has 0 radical (unpaired) electrons. The second kappa shape index (κ2) is 4.20. The molecule has 1 aliphatic carbocycles. The van der Waals surface area contributed by atoms with Crippen LogP contribution in [0.3, 0.4) is 0 Å². The number of rotatable bonds is 2. The molecular weight excluding hydrogens is 236 g/mol. The third kappa shape index (κ3) is 1.72. The number of hydrogen-bond acceptors (Lipinski definition) is 3. The number of hydrogen-bond donors (Lipinski definition) is 1. The fourth-order valence-electron chi connectivity index (χ4n) is 3.75. The van der Waals surface area contributed by atoms with Gasteiger partial charge in [0.05, 0.1) is 17.8 Å². The van der Waals surface area contributed by atoms with E-state index >= 15 is 0 Å². The quantitative estimate of drug-likeness (QED) is 0.895. The van der Waals surface area contributed by atoms with Crippen LogP contribution in [0.15, 0.2) is 30.3 Å². The van der Waals surface area contributed by atoms with Crippen LogP contribution in [0.2, 0.25) is 0 Å². The Balaban J connectivity index is 1.88. The van der Waals surface area contributed by atoms with E-state index in [1.54, 1.807) is 0 Å². The highest BCUT2D eigenvalue weighted by atomic mass is 16.3. The van der Waals surface area contributed by atoms with Gasteiger partial charge < -0.3 is 10.0 Å². The minimum atomic E-state index is 0.0137. The summed E-state index contributed by atoms with van der Waals surface area (Å²) in [7, 11) is 0. The van der Waals surface area contributed by atoms with Crippen molar-refractivity contribution in [3.8, 4) is 0 Å². The van der Waals surface area contributed by atoms with Crippen molar-refractivity contribution in [1.82, 2.24) is 4.98 Å². The molecule has 4 rings (SSSR count). The van der Waals surface area contributed by atoms with Crippen molar-refractivity contribution < 1.29 is 5.11 Å². The first-order valence-corrected chi connectivity index (χ1v) is 7.11. The second-order valence-electron chi connectivity index (χ2n) is 5.79. The van der Waals surface area contributed by atoms with E-state index in [4.69, 9.17) is 0 Å². The molecule has 1 aromatic heterocycles. The highest BCUT2D eigenvalue weighted by Crippen LogP contribution is 2.42. The van der Waals surface area contributed by atoms with Crippen LogP contribution in [0.5, 0.6) is 0 Å². The van der Waals surface area contributed by atoms with E-state index in [9.17, 15) is 5.11 Å². The van der Waals surface area contributed by atoms with E-state index in [1.807, 2.05) is 12.1 Å². The molecule has 1 N–H and O–H groups in total. The van der Waals surface area contributed by atoms with Crippen molar-refractivity contribution >= 4 is 16.6 Å². The molecule has 1 saturated heterocycles. The molecule has 2 fully saturated rings. The largest absolute Gasteiger partial charge is 0.390 e. The van der Waals surface area contributed by atoms with Gasteiger partial charge in [0.2, 0.25) is 0 Å². The number of para-hydroxylation sites is 1. The Bertz CT molecular complexity index is 625. The van der Waals surface area contributed by atoms with E-state index < -0.39 is 0 Å². The van der Waals surface area contributed by atoms with Gasteiger partial charge in [-0.1, -0.05) is 18.2 Å². The Labute approximate surface area is 112 Å². The van der Waals surface area contributed by atoms with Crippen molar-refractivity contribution in [3.05, 3.63) is 36.0 Å². The number of aliphatic hydroxyl groups is 1. The van der Waals surface area contributed by atoms with Crippen LogP contribution < -0.4 is 4.90 Å². The number of benzene rings is 1. The lowest BCUT2D eigenvalue weighted by Gasteiger charge is -2.30. The van der Waals surface area contributed by atoms with Crippen molar-refractivity contribution in [2.45, 2.75) is 31.9 Å². The molecule has 2 aliphatic rings. The second-order valence-corrected chi connectivity index (χ2v) is 5.79. The first kappa shape index (κ1) is 11.2. The Kier molecular flexibility index (Phi) is 2.49. The number of aromatic nitrogens is 1. The molecule has 1 saturated carbocycles. The number of fused-ring (bicyclic) bond motifs is 3. The van der Waals surface area contributed by atoms with Gasteiger partial charge >= 0.3 is 0 Å². The first-order chi connectivity index (χ1) is 9.35. The summed E-state index contributed by atoms with van der Waals surface area (Å²) in [6, 6.07) is 11.0.